The predicted molar refractivity (Wildman–Crippen MR) is 110 cm³/mol. The Morgan fingerprint density at radius 1 is 1.24 bits per heavy atom. The summed E-state index contributed by atoms with van der Waals surface area (Å²) in [5, 5.41) is 0.875. The van der Waals surface area contributed by atoms with E-state index in [1.54, 1.807) is 24.3 Å². The summed E-state index contributed by atoms with van der Waals surface area (Å²) in [6, 6.07) is 12.5. The maximum Gasteiger partial charge on any atom is 0.270 e. The van der Waals surface area contributed by atoms with Crippen LogP contribution in [-0.2, 0) is 4.79 Å². The Labute approximate surface area is 165 Å². The average Bonchev–Trinajstić information content (AvgIpc) is 2.84. The highest BCUT2D eigenvalue weighted by Gasteiger charge is 2.34. The topological polar surface area (TPSA) is 29.5 Å². The molecule has 0 atom stereocenters. The molecule has 0 bridgehead atoms. The lowest BCUT2D eigenvalue weighted by molar-refractivity contribution is -0.113. The quantitative estimate of drug-likeness (QED) is 0.471. The predicted octanol–water partition coefficient (Wildman–Crippen LogP) is 5.80. The summed E-state index contributed by atoms with van der Waals surface area (Å²) >= 11 is 18.8. The van der Waals surface area contributed by atoms with Crippen molar-refractivity contribution in [1.82, 2.24) is 0 Å². The minimum Gasteiger partial charge on any atom is -0.493 e. The fourth-order valence-electron chi connectivity index (χ4n) is 2.37. The lowest BCUT2D eigenvalue weighted by Crippen LogP contribution is -2.27. The van der Waals surface area contributed by atoms with Crippen LogP contribution in [-0.4, -0.2) is 16.8 Å². The van der Waals surface area contributed by atoms with Crippen LogP contribution in [0.15, 0.2) is 47.4 Å². The molecule has 0 saturated carbocycles. The number of ether oxygens (including phenoxy) is 1. The maximum absolute atomic E-state index is 12.8. The van der Waals surface area contributed by atoms with Crippen molar-refractivity contribution in [1.29, 1.82) is 0 Å². The Morgan fingerprint density at radius 2 is 2.00 bits per heavy atom. The minimum absolute atomic E-state index is 0.217. The molecular formula is C18H13Cl2NO2S2. The SMILES string of the molecule is CCOc1ccccc1/C=C1\SC(=S)N(c2ccc(Cl)cc2Cl)C1=O. The van der Waals surface area contributed by atoms with Gasteiger partial charge in [-0.05, 0) is 37.3 Å². The van der Waals surface area contributed by atoms with Crippen molar-refractivity contribution >= 4 is 69.2 Å². The molecule has 7 heteroatoms. The van der Waals surface area contributed by atoms with Gasteiger partial charge in [-0.2, -0.15) is 0 Å². The van der Waals surface area contributed by atoms with Crippen LogP contribution in [0.5, 0.6) is 5.75 Å². The van der Waals surface area contributed by atoms with Crippen molar-refractivity contribution in [3.8, 4) is 5.75 Å². The normalized spacial score (nSPS) is 16.0. The molecule has 1 aliphatic rings. The van der Waals surface area contributed by atoms with E-state index in [0.29, 0.717) is 31.6 Å². The van der Waals surface area contributed by atoms with E-state index in [-0.39, 0.29) is 5.91 Å². The number of amides is 1. The van der Waals surface area contributed by atoms with Gasteiger partial charge in [0, 0.05) is 10.6 Å². The lowest BCUT2D eigenvalue weighted by Gasteiger charge is -2.16. The van der Waals surface area contributed by atoms with E-state index in [2.05, 4.69) is 0 Å². The molecule has 0 unspecified atom stereocenters. The first-order valence-electron chi connectivity index (χ1n) is 7.46. The van der Waals surface area contributed by atoms with E-state index in [9.17, 15) is 4.79 Å². The molecule has 3 nitrogen and oxygen atoms in total. The van der Waals surface area contributed by atoms with Crippen molar-refractivity contribution in [3.63, 3.8) is 0 Å². The van der Waals surface area contributed by atoms with E-state index >= 15 is 0 Å². The van der Waals surface area contributed by atoms with Gasteiger partial charge in [-0.25, -0.2) is 0 Å². The summed E-state index contributed by atoms with van der Waals surface area (Å²) < 4.78 is 6.03. The second kappa shape index (κ2) is 7.79. The second-order valence-corrected chi connectivity index (χ2v) is 7.60. The van der Waals surface area contributed by atoms with Gasteiger partial charge in [-0.15, -0.1) is 0 Å². The molecule has 1 saturated heterocycles. The van der Waals surface area contributed by atoms with Gasteiger partial charge in [-0.3, -0.25) is 9.69 Å². The van der Waals surface area contributed by atoms with Crippen molar-refractivity contribution < 1.29 is 9.53 Å². The van der Waals surface area contributed by atoms with Crippen LogP contribution in [0, 0.1) is 0 Å². The van der Waals surface area contributed by atoms with Crippen LogP contribution in [0.4, 0.5) is 5.69 Å². The van der Waals surface area contributed by atoms with E-state index < -0.39 is 0 Å². The first-order chi connectivity index (χ1) is 12.0. The number of thioether (sulfide) groups is 1. The molecule has 0 aliphatic carbocycles. The molecule has 25 heavy (non-hydrogen) atoms. The van der Waals surface area contributed by atoms with Gasteiger partial charge in [0.1, 0.15) is 5.75 Å². The highest BCUT2D eigenvalue weighted by molar-refractivity contribution is 8.27. The number of para-hydroxylation sites is 1. The first kappa shape index (κ1) is 18.3. The average molecular weight is 410 g/mol. The van der Waals surface area contributed by atoms with Gasteiger partial charge in [0.05, 0.1) is 22.2 Å². The summed E-state index contributed by atoms with van der Waals surface area (Å²) in [5.41, 5.74) is 1.35. The first-order valence-corrected chi connectivity index (χ1v) is 9.44. The number of carbonyl (C=O) groups is 1. The maximum atomic E-state index is 12.8. The third-order valence-corrected chi connectivity index (χ3v) is 5.29. The third-order valence-electron chi connectivity index (χ3n) is 3.45. The summed E-state index contributed by atoms with van der Waals surface area (Å²) in [4.78, 5) is 14.8. The molecule has 1 fully saturated rings. The monoisotopic (exact) mass is 409 g/mol. The third kappa shape index (κ3) is 3.85. The Morgan fingerprint density at radius 3 is 2.72 bits per heavy atom. The number of halogens is 2. The van der Waals surface area contributed by atoms with Crippen LogP contribution >= 0.6 is 47.2 Å². The number of nitrogens with zero attached hydrogens (tertiary/aromatic N) is 1. The number of hydrogen-bond donors (Lipinski definition) is 0. The number of hydrogen-bond acceptors (Lipinski definition) is 4. The number of anilines is 1. The van der Waals surface area contributed by atoms with Gasteiger partial charge in [0.2, 0.25) is 0 Å². The molecule has 1 heterocycles. The molecule has 128 valence electrons. The van der Waals surface area contributed by atoms with Crippen molar-refractivity contribution in [3.05, 3.63) is 63.0 Å². The highest BCUT2D eigenvalue weighted by atomic mass is 35.5. The largest absolute Gasteiger partial charge is 0.493 e. The molecule has 1 aliphatic heterocycles. The molecular weight excluding hydrogens is 397 g/mol. The molecule has 0 spiro atoms. The van der Waals surface area contributed by atoms with E-state index in [1.807, 2.05) is 31.2 Å². The Hall–Kier alpha value is -1.53. The van der Waals surface area contributed by atoms with E-state index in [0.717, 1.165) is 11.3 Å². The Bertz CT molecular complexity index is 883. The molecule has 2 aromatic carbocycles. The van der Waals surface area contributed by atoms with E-state index in [1.165, 1.54) is 16.7 Å². The molecule has 3 rings (SSSR count). The summed E-state index contributed by atoms with van der Waals surface area (Å²) in [5.74, 6) is 0.505. The van der Waals surface area contributed by atoms with Crippen molar-refractivity contribution in [2.75, 3.05) is 11.5 Å². The zero-order valence-corrected chi connectivity index (χ0v) is 16.3. The van der Waals surface area contributed by atoms with Crippen LogP contribution in [0.2, 0.25) is 10.0 Å². The highest BCUT2D eigenvalue weighted by Crippen LogP contribution is 2.40. The Balaban J connectivity index is 1.96. The number of carbonyl (C=O) groups excluding carboxylic acids is 1. The molecule has 2 aromatic rings. The standard InChI is InChI=1S/C18H13Cl2NO2S2/c1-2-23-15-6-4-3-5-11(15)9-16-17(22)21(18(24)25-16)14-8-7-12(19)10-13(14)20/h3-10H,2H2,1H3/b16-9-. The van der Waals surface area contributed by atoms with Crippen LogP contribution in [0.3, 0.4) is 0 Å². The number of thiocarbonyl (C=S) groups is 1. The van der Waals surface area contributed by atoms with Gasteiger partial charge in [-0.1, -0.05) is 65.4 Å². The zero-order valence-electron chi connectivity index (χ0n) is 13.2. The molecule has 0 N–H and O–H groups in total. The number of benzene rings is 2. The fourth-order valence-corrected chi connectivity index (χ4v) is 4.13. The van der Waals surface area contributed by atoms with Crippen LogP contribution in [0.25, 0.3) is 6.08 Å². The van der Waals surface area contributed by atoms with Gasteiger partial charge >= 0.3 is 0 Å². The molecule has 0 radical (unpaired) electrons. The van der Waals surface area contributed by atoms with E-state index in [4.69, 9.17) is 40.2 Å². The van der Waals surface area contributed by atoms with Crippen LogP contribution < -0.4 is 9.64 Å². The Kier molecular flexibility index (Phi) is 5.69. The van der Waals surface area contributed by atoms with Crippen molar-refractivity contribution in [2.45, 2.75) is 6.92 Å². The minimum atomic E-state index is -0.217. The van der Waals surface area contributed by atoms with Gasteiger partial charge in [0.15, 0.2) is 4.32 Å². The van der Waals surface area contributed by atoms with Crippen molar-refractivity contribution in [2.24, 2.45) is 0 Å². The molecule has 0 aromatic heterocycles. The van der Waals surface area contributed by atoms with Gasteiger partial charge in [0.25, 0.3) is 5.91 Å². The smallest absolute Gasteiger partial charge is 0.270 e. The van der Waals surface area contributed by atoms with Crippen LogP contribution in [0.1, 0.15) is 12.5 Å². The molecule has 1 amide bonds. The summed E-state index contributed by atoms with van der Waals surface area (Å²) in [6.07, 6.45) is 1.79. The summed E-state index contributed by atoms with van der Waals surface area (Å²) in [7, 11) is 0. The number of rotatable bonds is 4. The lowest BCUT2D eigenvalue weighted by atomic mass is 10.2. The summed E-state index contributed by atoms with van der Waals surface area (Å²) in [6.45, 7) is 2.46. The second-order valence-electron chi connectivity index (χ2n) is 5.08. The zero-order chi connectivity index (χ0) is 18.0. The van der Waals surface area contributed by atoms with Gasteiger partial charge < -0.3 is 4.74 Å². The fraction of sp³-hybridized carbons (Fsp3) is 0.111.